The highest BCUT2D eigenvalue weighted by atomic mass is 32.1. The number of amides is 1. The zero-order chi connectivity index (χ0) is 20.4. The summed E-state index contributed by atoms with van der Waals surface area (Å²) in [6.07, 6.45) is -0.694. The van der Waals surface area contributed by atoms with Gasteiger partial charge in [0.25, 0.3) is 5.91 Å². The van der Waals surface area contributed by atoms with Crippen LogP contribution >= 0.6 is 11.3 Å². The number of anilines is 1. The average molecular weight is 420 g/mol. The van der Waals surface area contributed by atoms with Crippen LogP contribution in [0.25, 0.3) is 0 Å². The van der Waals surface area contributed by atoms with Gasteiger partial charge in [-0.3, -0.25) is 4.79 Å². The molecule has 9 heteroatoms. The largest absolute Gasteiger partial charge is 0.486 e. The van der Waals surface area contributed by atoms with Gasteiger partial charge in [0.1, 0.15) is 30.3 Å². The predicted molar refractivity (Wildman–Crippen MR) is 109 cm³/mol. The summed E-state index contributed by atoms with van der Waals surface area (Å²) in [5, 5.41) is 14.5. The van der Waals surface area contributed by atoms with Crippen molar-refractivity contribution in [1.82, 2.24) is 9.88 Å². The molecule has 29 heavy (non-hydrogen) atoms. The quantitative estimate of drug-likeness (QED) is 0.768. The number of ether oxygens (including phenoxy) is 3. The van der Waals surface area contributed by atoms with Crippen LogP contribution in [0.2, 0.25) is 0 Å². The Hall–Kier alpha value is -2.52. The maximum atomic E-state index is 12.9. The minimum absolute atomic E-state index is 0.101. The molecule has 1 fully saturated rings. The number of aromatic nitrogens is 1. The Kier molecular flexibility index (Phi) is 5.77. The average Bonchev–Trinajstić information content (AvgIpc) is 3.09. The second-order valence-electron chi connectivity index (χ2n) is 7.01. The number of nitrogens with zero attached hydrogens (tertiary/aromatic N) is 2. The van der Waals surface area contributed by atoms with Gasteiger partial charge in [-0.2, -0.15) is 0 Å². The van der Waals surface area contributed by atoms with Crippen LogP contribution in [-0.4, -0.2) is 66.0 Å². The second kappa shape index (κ2) is 8.46. The van der Waals surface area contributed by atoms with Crippen molar-refractivity contribution in [2.24, 2.45) is 0 Å². The van der Waals surface area contributed by atoms with Gasteiger partial charge in [0.2, 0.25) is 5.75 Å². The van der Waals surface area contributed by atoms with Crippen molar-refractivity contribution in [2.45, 2.75) is 32.5 Å². The van der Waals surface area contributed by atoms with Crippen LogP contribution in [0.3, 0.4) is 0 Å². The molecule has 2 aromatic rings. The summed E-state index contributed by atoms with van der Waals surface area (Å²) in [6, 6.07) is 5.47. The van der Waals surface area contributed by atoms with Gasteiger partial charge in [-0.15, -0.1) is 0 Å². The molecule has 8 nitrogen and oxygen atoms in total. The lowest BCUT2D eigenvalue weighted by Crippen LogP contribution is -2.51. The van der Waals surface area contributed by atoms with E-state index in [0.29, 0.717) is 54.0 Å². The minimum atomic E-state index is -0.797. The smallest absolute Gasteiger partial charge is 0.266 e. The van der Waals surface area contributed by atoms with E-state index in [1.54, 1.807) is 11.0 Å². The first kappa shape index (κ1) is 19.8. The van der Waals surface area contributed by atoms with Gasteiger partial charge < -0.3 is 29.5 Å². The third-order valence-corrected chi connectivity index (χ3v) is 6.04. The van der Waals surface area contributed by atoms with Crippen molar-refractivity contribution in [3.05, 3.63) is 28.8 Å². The normalized spacial score (nSPS) is 21.0. The molecule has 4 rings (SSSR count). The third-order valence-electron chi connectivity index (χ3n) is 4.93. The SMILES string of the molecule is CCNc1nc(C)c(C(=O)N2CC[C@@H](Oc3cccc4c3OCCO4)[C@H](O)C2)s1. The van der Waals surface area contributed by atoms with Crippen molar-refractivity contribution in [1.29, 1.82) is 0 Å². The molecule has 0 saturated carbocycles. The minimum Gasteiger partial charge on any atom is -0.486 e. The molecule has 2 atom stereocenters. The van der Waals surface area contributed by atoms with Gasteiger partial charge in [-0.25, -0.2) is 4.98 Å². The Morgan fingerprint density at radius 3 is 3.03 bits per heavy atom. The van der Waals surface area contributed by atoms with Crippen molar-refractivity contribution in [3.8, 4) is 17.2 Å². The summed E-state index contributed by atoms with van der Waals surface area (Å²) in [6.45, 7) is 6.25. The molecule has 2 aliphatic heterocycles. The molecule has 156 valence electrons. The number of aliphatic hydroxyl groups excluding tert-OH is 1. The fourth-order valence-corrected chi connectivity index (χ4v) is 4.50. The van der Waals surface area contributed by atoms with Crippen molar-refractivity contribution in [2.75, 3.05) is 38.2 Å². The Morgan fingerprint density at radius 1 is 1.41 bits per heavy atom. The van der Waals surface area contributed by atoms with Crippen LogP contribution in [0.1, 0.15) is 28.7 Å². The molecule has 1 aromatic carbocycles. The van der Waals surface area contributed by atoms with Crippen LogP contribution in [0, 0.1) is 6.92 Å². The second-order valence-corrected chi connectivity index (χ2v) is 8.01. The molecule has 0 radical (unpaired) electrons. The molecule has 2 N–H and O–H groups in total. The first-order chi connectivity index (χ1) is 14.1. The zero-order valence-electron chi connectivity index (χ0n) is 16.5. The summed E-state index contributed by atoms with van der Waals surface area (Å²) in [5.41, 5.74) is 0.705. The topological polar surface area (TPSA) is 93.2 Å². The van der Waals surface area contributed by atoms with Gasteiger partial charge >= 0.3 is 0 Å². The number of para-hydroxylation sites is 1. The van der Waals surface area contributed by atoms with Crippen molar-refractivity contribution in [3.63, 3.8) is 0 Å². The van der Waals surface area contributed by atoms with Crippen molar-refractivity contribution < 1.29 is 24.1 Å². The van der Waals surface area contributed by atoms with Gasteiger partial charge in [0.05, 0.1) is 12.2 Å². The number of carbonyl (C=O) groups excluding carboxylic acids is 1. The van der Waals surface area contributed by atoms with Crippen LogP contribution in [-0.2, 0) is 0 Å². The number of aryl methyl sites for hydroxylation is 1. The highest BCUT2D eigenvalue weighted by molar-refractivity contribution is 7.17. The number of hydrogen-bond donors (Lipinski definition) is 2. The molecule has 0 bridgehead atoms. The van der Waals surface area contributed by atoms with E-state index < -0.39 is 12.2 Å². The number of hydrogen-bond acceptors (Lipinski definition) is 8. The highest BCUT2D eigenvalue weighted by Gasteiger charge is 2.34. The molecule has 0 spiro atoms. The van der Waals surface area contributed by atoms with E-state index in [-0.39, 0.29) is 12.5 Å². The summed E-state index contributed by atoms with van der Waals surface area (Å²) in [7, 11) is 0. The monoisotopic (exact) mass is 419 g/mol. The molecular formula is C20H25N3O5S. The van der Waals surface area contributed by atoms with E-state index in [4.69, 9.17) is 14.2 Å². The van der Waals surface area contributed by atoms with Gasteiger partial charge in [0, 0.05) is 19.5 Å². The molecule has 1 saturated heterocycles. The van der Waals surface area contributed by atoms with E-state index in [0.717, 1.165) is 11.7 Å². The molecule has 1 amide bonds. The number of carbonyl (C=O) groups is 1. The molecule has 1 aromatic heterocycles. The molecule has 3 heterocycles. The number of β-amino-alcohol motifs (C(OH)–C–C–N with tert-alkyl or cyclic N) is 1. The van der Waals surface area contributed by atoms with E-state index in [1.807, 2.05) is 26.0 Å². The molecule has 0 aliphatic carbocycles. The summed E-state index contributed by atoms with van der Waals surface area (Å²) >= 11 is 1.35. The number of rotatable bonds is 5. The number of thiazole rings is 1. The number of benzene rings is 1. The van der Waals surface area contributed by atoms with Gasteiger partial charge in [-0.1, -0.05) is 17.4 Å². The highest BCUT2D eigenvalue weighted by Crippen LogP contribution is 2.40. The maximum absolute atomic E-state index is 12.9. The molecule has 2 aliphatic rings. The standard InChI is InChI=1S/C20H25N3O5S/c1-3-21-20-22-12(2)18(29-20)19(25)23-8-7-14(13(24)11-23)28-16-6-4-5-15-17(16)27-10-9-26-15/h4-6,13-14,24H,3,7-11H2,1-2H3,(H,21,22)/t13-,14-/m1/s1. The lowest BCUT2D eigenvalue weighted by atomic mass is 10.0. The maximum Gasteiger partial charge on any atom is 0.266 e. The zero-order valence-corrected chi connectivity index (χ0v) is 17.3. The van der Waals surface area contributed by atoms with Crippen LogP contribution < -0.4 is 19.5 Å². The Balaban J connectivity index is 1.42. The Bertz CT molecular complexity index is 887. The summed E-state index contributed by atoms with van der Waals surface area (Å²) < 4.78 is 17.3. The first-order valence-electron chi connectivity index (χ1n) is 9.80. The Morgan fingerprint density at radius 2 is 2.24 bits per heavy atom. The number of fused-ring (bicyclic) bond motifs is 1. The number of nitrogens with one attached hydrogen (secondary N) is 1. The number of piperidine rings is 1. The van der Waals surface area contributed by atoms with Crippen LogP contribution in [0.5, 0.6) is 17.2 Å². The lowest BCUT2D eigenvalue weighted by Gasteiger charge is -2.36. The van der Waals surface area contributed by atoms with E-state index in [1.165, 1.54) is 11.3 Å². The van der Waals surface area contributed by atoms with E-state index in [9.17, 15) is 9.90 Å². The summed E-state index contributed by atoms with van der Waals surface area (Å²) in [5.74, 6) is 1.67. The van der Waals surface area contributed by atoms with E-state index >= 15 is 0 Å². The predicted octanol–water partition coefficient (Wildman–Crippen LogP) is 2.31. The fourth-order valence-electron chi connectivity index (χ4n) is 3.50. The Labute approximate surface area is 173 Å². The summed E-state index contributed by atoms with van der Waals surface area (Å²) in [4.78, 5) is 19.6. The van der Waals surface area contributed by atoms with Crippen LogP contribution in [0.4, 0.5) is 5.13 Å². The first-order valence-corrected chi connectivity index (χ1v) is 10.6. The van der Waals surface area contributed by atoms with Gasteiger partial charge in [0.15, 0.2) is 16.6 Å². The van der Waals surface area contributed by atoms with Crippen molar-refractivity contribution >= 4 is 22.4 Å². The number of aliphatic hydroxyl groups is 1. The van der Waals surface area contributed by atoms with Crippen LogP contribution in [0.15, 0.2) is 18.2 Å². The molecular weight excluding hydrogens is 394 g/mol. The third kappa shape index (κ3) is 4.11. The molecule has 0 unspecified atom stereocenters. The fraction of sp³-hybridized carbons (Fsp3) is 0.500. The number of likely N-dealkylation sites (tertiary alicyclic amines) is 1. The lowest BCUT2D eigenvalue weighted by molar-refractivity contribution is -0.0213. The van der Waals surface area contributed by atoms with E-state index in [2.05, 4.69) is 10.3 Å². The van der Waals surface area contributed by atoms with Gasteiger partial charge in [-0.05, 0) is 26.0 Å².